The highest BCUT2D eigenvalue weighted by Gasteiger charge is 2.37. The molecule has 1 aliphatic carbocycles. The Morgan fingerprint density at radius 1 is 1.08 bits per heavy atom. The second-order valence-electron chi connectivity index (χ2n) is 7.09. The molecule has 2 unspecified atom stereocenters. The molecule has 2 N–H and O–H groups in total. The third-order valence-corrected chi connectivity index (χ3v) is 5.44. The Morgan fingerprint density at radius 2 is 1.71 bits per heavy atom. The van der Waals surface area contributed by atoms with Crippen LogP contribution in [0.2, 0.25) is 0 Å². The molecule has 1 amide bonds. The summed E-state index contributed by atoms with van der Waals surface area (Å²) in [4.78, 5) is 14.1. The molecule has 5 heteroatoms. The number of carbonyl (C=O) groups is 1. The number of benzene rings is 1. The molecule has 0 spiro atoms. The number of halogens is 1. The zero-order valence-electron chi connectivity index (χ0n) is 14.7. The number of nitrogens with one attached hydrogen (secondary N) is 2. The van der Waals surface area contributed by atoms with Crippen LogP contribution in [0.25, 0.3) is 0 Å². The van der Waals surface area contributed by atoms with Crippen molar-refractivity contribution in [2.24, 2.45) is 0 Å². The standard InChI is InChI=1S/C19H28N2O2.ClH/c1-14-8-7-9-15(2)18(14)20-19(22)23-17-11-4-3-10-16(17)21-12-5-6-13-21;/h7-9,16-17H,3-6,10-13H2,1-2H3,(H,20,22);1H. The van der Waals surface area contributed by atoms with Gasteiger partial charge in [0, 0.05) is 24.9 Å². The summed E-state index contributed by atoms with van der Waals surface area (Å²) >= 11 is 0. The quantitative estimate of drug-likeness (QED) is 0.794. The van der Waals surface area contributed by atoms with Crippen LogP contribution in [0.5, 0.6) is 0 Å². The Kier molecular flexibility index (Phi) is 6.93. The normalized spacial score (nSPS) is 24.2. The molecule has 1 heterocycles. The van der Waals surface area contributed by atoms with E-state index in [4.69, 9.17) is 4.74 Å². The van der Waals surface area contributed by atoms with Crippen LogP contribution >= 0.6 is 0 Å². The number of aryl methyl sites for hydroxylation is 2. The SMILES string of the molecule is Cc1cccc(C)c1NC(=O)OC1CCCCC1[NH+]1CCCC1.[Cl-]. The molecule has 24 heavy (non-hydrogen) atoms. The fourth-order valence-electron chi connectivity index (χ4n) is 4.19. The Bertz CT molecular complexity index is 538. The van der Waals surface area contributed by atoms with Crippen molar-refractivity contribution in [1.29, 1.82) is 0 Å². The van der Waals surface area contributed by atoms with Gasteiger partial charge in [-0.25, -0.2) is 4.79 Å². The van der Waals surface area contributed by atoms with E-state index in [0.29, 0.717) is 6.04 Å². The van der Waals surface area contributed by atoms with Gasteiger partial charge in [0.2, 0.25) is 0 Å². The summed E-state index contributed by atoms with van der Waals surface area (Å²) in [6.45, 7) is 6.51. The molecule has 134 valence electrons. The van der Waals surface area contributed by atoms with Gasteiger partial charge in [-0.3, -0.25) is 5.32 Å². The van der Waals surface area contributed by atoms with Crippen LogP contribution in [0.3, 0.4) is 0 Å². The summed E-state index contributed by atoms with van der Waals surface area (Å²) in [5.74, 6) is 0. The summed E-state index contributed by atoms with van der Waals surface area (Å²) in [5, 5.41) is 2.97. The lowest BCUT2D eigenvalue weighted by atomic mass is 9.91. The Balaban J connectivity index is 0.00000208. The smallest absolute Gasteiger partial charge is 0.412 e. The van der Waals surface area contributed by atoms with Gasteiger partial charge in [0.05, 0.1) is 13.1 Å². The highest BCUT2D eigenvalue weighted by Crippen LogP contribution is 2.23. The van der Waals surface area contributed by atoms with Crippen molar-refractivity contribution in [2.75, 3.05) is 18.4 Å². The van der Waals surface area contributed by atoms with Crippen LogP contribution in [0.1, 0.15) is 49.7 Å². The van der Waals surface area contributed by atoms with E-state index in [1.54, 1.807) is 4.90 Å². The molecule has 0 bridgehead atoms. The highest BCUT2D eigenvalue weighted by molar-refractivity contribution is 5.86. The predicted octanol–water partition coefficient (Wildman–Crippen LogP) is -0.154. The van der Waals surface area contributed by atoms with Gasteiger partial charge >= 0.3 is 6.09 Å². The Hall–Kier alpha value is -1.26. The second-order valence-corrected chi connectivity index (χ2v) is 7.09. The molecule has 2 atom stereocenters. The van der Waals surface area contributed by atoms with Crippen LogP contribution in [-0.2, 0) is 4.74 Å². The van der Waals surface area contributed by atoms with Gasteiger partial charge in [-0.1, -0.05) is 18.2 Å². The van der Waals surface area contributed by atoms with E-state index >= 15 is 0 Å². The largest absolute Gasteiger partial charge is 1.00 e. The van der Waals surface area contributed by atoms with E-state index in [1.165, 1.54) is 45.2 Å². The van der Waals surface area contributed by atoms with Crippen molar-refractivity contribution in [1.82, 2.24) is 0 Å². The number of hydrogen-bond acceptors (Lipinski definition) is 2. The van der Waals surface area contributed by atoms with E-state index in [0.717, 1.165) is 23.2 Å². The summed E-state index contributed by atoms with van der Waals surface area (Å²) in [6.07, 6.45) is 7.04. The first-order valence-corrected chi connectivity index (χ1v) is 9.03. The average Bonchev–Trinajstić information content (AvgIpc) is 3.06. The number of amides is 1. The number of likely N-dealkylation sites (tertiary alicyclic amines) is 1. The number of hydrogen-bond donors (Lipinski definition) is 2. The molecule has 1 aliphatic heterocycles. The van der Waals surface area contributed by atoms with E-state index in [1.807, 2.05) is 32.0 Å². The molecule has 0 radical (unpaired) electrons. The molecular weight excluding hydrogens is 324 g/mol. The fourth-order valence-corrected chi connectivity index (χ4v) is 4.19. The monoisotopic (exact) mass is 352 g/mol. The van der Waals surface area contributed by atoms with Gasteiger partial charge in [0.25, 0.3) is 0 Å². The maximum absolute atomic E-state index is 12.4. The van der Waals surface area contributed by atoms with Crippen LogP contribution in [0, 0.1) is 13.8 Å². The third-order valence-electron chi connectivity index (χ3n) is 5.44. The summed E-state index contributed by atoms with van der Waals surface area (Å²) in [7, 11) is 0. The molecule has 1 aromatic rings. The van der Waals surface area contributed by atoms with Crippen LogP contribution < -0.4 is 22.6 Å². The number of carbonyl (C=O) groups excluding carboxylic acids is 1. The molecule has 0 aromatic heterocycles. The molecule has 1 saturated heterocycles. The van der Waals surface area contributed by atoms with E-state index in [2.05, 4.69) is 5.32 Å². The van der Waals surface area contributed by atoms with Crippen LogP contribution in [0.15, 0.2) is 18.2 Å². The number of para-hydroxylation sites is 1. The third kappa shape index (κ3) is 4.42. The van der Waals surface area contributed by atoms with Crippen LogP contribution in [-0.4, -0.2) is 31.3 Å². The minimum atomic E-state index is -0.294. The molecule has 2 fully saturated rings. The van der Waals surface area contributed by atoms with E-state index in [-0.39, 0.29) is 24.6 Å². The lowest BCUT2D eigenvalue weighted by Crippen LogP contribution is -3.15. The molecule has 1 aromatic carbocycles. The molecule has 2 aliphatic rings. The molecule has 4 nitrogen and oxygen atoms in total. The van der Waals surface area contributed by atoms with Gasteiger partial charge in [-0.15, -0.1) is 0 Å². The number of ether oxygens (including phenoxy) is 1. The zero-order chi connectivity index (χ0) is 16.2. The van der Waals surface area contributed by atoms with Crippen molar-refractivity contribution in [3.8, 4) is 0 Å². The Morgan fingerprint density at radius 3 is 2.38 bits per heavy atom. The van der Waals surface area contributed by atoms with Gasteiger partial charge < -0.3 is 22.0 Å². The summed E-state index contributed by atoms with van der Waals surface area (Å²) in [5.41, 5.74) is 3.04. The molecule has 3 rings (SSSR count). The lowest BCUT2D eigenvalue weighted by molar-refractivity contribution is -0.918. The maximum atomic E-state index is 12.4. The minimum absolute atomic E-state index is 0. The fraction of sp³-hybridized carbons (Fsp3) is 0.632. The van der Waals surface area contributed by atoms with Gasteiger partial charge in [-0.05, 0) is 44.2 Å². The van der Waals surface area contributed by atoms with E-state index in [9.17, 15) is 4.79 Å². The topological polar surface area (TPSA) is 42.8 Å². The summed E-state index contributed by atoms with van der Waals surface area (Å²) in [6, 6.07) is 6.53. The first kappa shape index (κ1) is 19.1. The first-order chi connectivity index (χ1) is 11.1. The molecule has 1 saturated carbocycles. The number of anilines is 1. The van der Waals surface area contributed by atoms with Gasteiger partial charge in [-0.2, -0.15) is 0 Å². The summed E-state index contributed by atoms with van der Waals surface area (Å²) < 4.78 is 5.86. The zero-order valence-corrected chi connectivity index (χ0v) is 15.5. The first-order valence-electron chi connectivity index (χ1n) is 9.03. The lowest BCUT2D eigenvalue weighted by Gasteiger charge is -2.34. The average molecular weight is 353 g/mol. The van der Waals surface area contributed by atoms with Crippen LogP contribution in [0.4, 0.5) is 10.5 Å². The van der Waals surface area contributed by atoms with Gasteiger partial charge in [0.1, 0.15) is 6.04 Å². The van der Waals surface area contributed by atoms with Crippen molar-refractivity contribution in [2.45, 2.75) is 64.5 Å². The second kappa shape index (κ2) is 8.72. The Labute approximate surface area is 151 Å². The predicted molar refractivity (Wildman–Crippen MR) is 92.0 cm³/mol. The van der Waals surface area contributed by atoms with Gasteiger partial charge in [0.15, 0.2) is 6.10 Å². The molecular formula is C19H29ClN2O2. The van der Waals surface area contributed by atoms with Crippen molar-refractivity contribution in [3.05, 3.63) is 29.3 Å². The van der Waals surface area contributed by atoms with Crippen molar-refractivity contribution < 1.29 is 26.8 Å². The highest BCUT2D eigenvalue weighted by atomic mass is 35.5. The maximum Gasteiger partial charge on any atom is 0.412 e. The van der Waals surface area contributed by atoms with E-state index < -0.39 is 0 Å². The van der Waals surface area contributed by atoms with Crippen molar-refractivity contribution >= 4 is 11.8 Å². The minimum Gasteiger partial charge on any atom is -1.00 e. The number of quaternary nitrogens is 1. The van der Waals surface area contributed by atoms with Crippen molar-refractivity contribution in [3.63, 3.8) is 0 Å². The number of rotatable bonds is 3.